The smallest absolute Gasteiger partial charge is 0.344 e. The fourth-order valence-corrected chi connectivity index (χ4v) is 1.90. The van der Waals surface area contributed by atoms with Gasteiger partial charge in [-0.3, -0.25) is 4.79 Å². The highest BCUT2D eigenvalue weighted by atomic mass is 16.6. The lowest BCUT2D eigenvalue weighted by atomic mass is 10.3. The van der Waals surface area contributed by atoms with Gasteiger partial charge in [0, 0.05) is 13.1 Å². The van der Waals surface area contributed by atoms with Crippen molar-refractivity contribution in [2.45, 2.75) is 0 Å². The normalized spacial score (nSPS) is 14.3. The summed E-state index contributed by atoms with van der Waals surface area (Å²) in [5.74, 6) is 0.418. The number of nitrogens with zero attached hydrogens (tertiary/aromatic N) is 1. The van der Waals surface area contributed by atoms with Crippen molar-refractivity contribution in [2.24, 2.45) is 0 Å². The molecule has 1 aromatic rings. The van der Waals surface area contributed by atoms with E-state index in [-0.39, 0.29) is 19.1 Å². The number of amides is 1. The molecule has 0 saturated carbocycles. The number of rotatable bonds is 6. The van der Waals surface area contributed by atoms with E-state index in [9.17, 15) is 9.59 Å². The summed E-state index contributed by atoms with van der Waals surface area (Å²) in [6, 6.07) is 6.82. The van der Waals surface area contributed by atoms with Crippen LogP contribution in [-0.4, -0.2) is 63.4 Å². The highest BCUT2D eigenvalue weighted by molar-refractivity contribution is 5.81. The van der Waals surface area contributed by atoms with E-state index in [2.05, 4.69) is 0 Å². The number of hydrogen-bond donors (Lipinski definition) is 0. The molecule has 1 amide bonds. The third kappa shape index (κ3) is 4.92. The van der Waals surface area contributed by atoms with Gasteiger partial charge in [0.15, 0.2) is 13.2 Å². The number of methoxy groups -OCH3 is 1. The summed E-state index contributed by atoms with van der Waals surface area (Å²) >= 11 is 0. The molecule has 1 aromatic carbocycles. The first-order valence-corrected chi connectivity index (χ1v) is 6.97. The van der Waals surface area contributed by atoms with Crippen molar-refractivity contribution in [2.75, 3.05) is 46.6 Å². The Morgan fingerprint density at radius 2 is 1.73 bits per heavy atom. The number of carbonyl (C=O) groups excluding carboxylic acids is 2. The van der Waals surface area contributed by atoms with Crippen LogP contribution in [0.3, 0.4) is 0 Å². The van der Waals surface area contributed by atoms with Crippen LogP contribution < -0.4 is 9.47 Å². The quantitative estimate of drug-likeness (QED) is 0.712. The SMILES string of the molecule is COc1ccc(OCC(=O)OCC(=O)N2CCOCC2)cc1. The van der Waals surface area contributed by atoms with E-state index >= 15 is 0 Å². The van der Waals surface area contributed by atoms with Crippen LogP contribution in [0.25, 0.3) is 0 Å². The Balaban J connectivity index is 1.67. The van der Waals surface area contributed by atoms with E-state index in [0.29, 0.717) is 37.8 Å². The zero-order chi connectivity index (χ0) is 15.8. The Kier molecular flexibility index (Phi) is 6.02. The summed E-state index contributed by atoms with van der Waals surface area (Å²) in [4.78, 5) is 25.0. The summed E-state index contributed by atoms with van der Waals surface area (Å²) in [6.45, 7) is 1.56. The van der Waals surface area contributed by atoms with Crippen LogP contribution in [0.1, 0.15) is 0 Å². The molecule has 0 aromatic heterocycles. The molecule has 1 fully saturated rings. The van der Waals surface area contributed by atoms with Gasteiger partial charge < -0.3 is 23.8 Å². The van der Waals surface area contributed by atoms with Gasteiger partial charge in [-0.1, -0.05) is 0 Å². The highest BCUT2D eigenvalue weighted by Crippen LogP contribution is 2.16. The minimum atomic E-state index is -0.586. The lowest BCUT2D eigenvalue weighted by Crippen LogP contribution is -2.42. The van der Waals surface area contributed by atoms with E-state index in [1.807, 2.05) is 0 Å². The van der Waals surface area contributed by atoms with E-state index in [1.54, 1.807) is 36.3 Å². The summed E-state index contributed by atoms with van der Waals surface area (Å²) in [6.07, 6.45) is 0. The summed E-state index contributed by atoms with van der Waals surface area (Å²) in [5, 5.41) is 0. The van der Waals surface area contributed by atoms with Crippen LogP contribution in [0.2, 0.25) is 0 Å². The van der Waals surface area contributed by atoms with Gasteiger partial charge >= 0.3 is 5.97 Å². The molecular formula is C15H19NO6. The fourth-order valence-electron chi connectivity index (χ4n) is 1.90. The number of hydrogen-bond acceptors (Lipinski definition) is 6. The van der Waals surface area contributed by atoms with Crippen LogP contribution >= 0.6 is 0 Å². The van der Waals surface area contributed by atoms with Crippen molar-refractivity contribution in [1.82, 2.24) is 4.90 Å². The van der Waals surface area contributed by atoms with Gasteiger partial charge in [-0.25, -0.2) is 4.79 Å². The summed E-state index contributed by atoms with van der Waals surface area (Å²) in [7, 11) is 1.57. The molecule has 7 heteroatoms. The second-order valence-corrected chi connectivity index (χ2v) is 4.62. The fraction of sp³-hybridized carbons (Fsp3) is 0.467. The topological polar surface area (TPSA) is 74.3 Å². The molecule has 1 saturated heterocycles. The first-order valence-electron chi connectivity index (χ1n) is 6.97. The number of benzene rings is 1. The van der Waals surface area contributed by atoms with Gasteiger partial charge in [0.1, 0.15) is 11.5 Å². The summed E-state index contributed by atoms with van der Waals surface area (Å²) in [5.41, 5.74) is 0. The number of ether oxygens (including phenoxy) is 4. The molecule has 22 heavy (non-hydrogen) atoms. The minimum absolute atomic E-state index is 0.221. The van der Waals surface area contributed by atoms with Gasteiger partial charge in [0.25, 0.3) is 5.91 Å². The van der Waals surface area contributed by atoms with Gasteiger partial charge in [-0.15, -0.1) is 0 Å². The van der Waals surface area contributed by atoms with Crippen LogP contribution in [0.4, 0.5) is 0 Å². The average molecular weight is 309 g/mol. The predicted molar refractivity (Wildman–Crippen MR) is 76.8 cm³/mol. The molecule has 1 aliphatic rings. The van der Waals surface area contributed by atoms with Crippen LogP contribution in [0.15, 0.2) is 24.3 Å². The van der Waals surface area contributed by atoms with E-state index < -0.39 is 5.97 Å². The molecule has 0 aliphatic carbocycles. The van der Waals surface area contributed by atoms with E-state index in [0.717, 1.165) is 0 Å². The van der Waals surface area contributed by atoms with E-state index in [1.165, 1.54) is 0 Å². The second kappa shape index (κ2) is 8.23. The van der Waals surface area contributed by atoms with Crippen LogP contribution in [-0.2, 0) is 19.1 Å². The third-order valence-corrected chi connectivity index (χ3v) is 3.14. The average Bonchev–Trinajstić information content (AvgIpc) is 2.59. The summed E-state index contributed by atoms with van der Waals surface area (Å²) < 4.78 is 20.3. The zero-order valence-electron chi connectivity index (χ0n) is 12.4. The molecule has 1 heterocycles. The third-order valence-electron chi connectivity index (χ3n) is 3.14. The molecule has 0 bridgehead atoms. The number of carbonyl (C=O) groups is 2. The maximum Gasteiger partial charge on any atom is 0.344 e. The van der Waals surface area contributed by atoms with Gasteiger partial charge in [0.05, 0.1) is 20.3 Å². The monoisotopic (exact) mass is 309 g/mol. The van der Waals surface area contributed by atoms with Crippen molar-refractivity contribution in [3.8, 4) is 11.5 Å². The maximum absolute atomic E-state index is 11.8. The van der Waals surface area contributed by atoms with Crippen molar-refractivity contribution in [3.63, 3.8) is 0 Å². The molecule has 120 valence electrons. The first-order chi connectivity index (χ1) is 10.7. The van der Waals surface area contributed by atoms with Gasteiger partial charge in [0.2, 0.25) is 0 Å². The van der Waals surface area contributed by atoms with Crippen LogP contribution in [0.5, 0.6) is 11.5 Å². The van der Waals surface area contributed by atoms with Crippen molar-refractivity contribution in [3.05, 3.63) is 24.3 Å². The Bertz CT molecular complexity index is 495. The molecule has 7 nitrogen and oxygen atoms in total. The predicted octanol–water partition coefficient (Wildman–Crippen LogP) is 0.476. The molecule has 0 N–H and O–H groups in total. The number of morpholine rings is 1. The Hall–Kier alpha value is -2.28. The van der Waals surface area contributed by atoms with Crippen molar-refractivity contribution in [1.29, 1.82) is 0 Å². The lowest BCUT2D eigenvalue weighted by molar-refractivity contribution is -0.155. The van der Waals surface area contributed by atoms with E-state index in [4.69, 9.17) is 18.9 Å². The van der Waals surface area contributed by atoms with Gasteiger partial charge in [-0.05, 0) is 24.3 Å². The Labute approximate surface area is 128 Å². The minimum Gasteiger partial charge on any atom is -0.497 e. The Morgan fingerprint density at radius 3 is 2.36 bits per heavy atom. The van der Waals surface area contributed by atoms with Crippen molar-refractivity contribution >= 4 is 11.9 Å². The van der Waals surface area contributed by atoms with Crippen molar-refractivity contribution < 1.29 is 28.5 Å². The lowest BCUT2D eigenvalue weighted by Gasteiger charge is -2.26. The first kappa shape index (κ1) is 16.1. The highest BCUT2D eigenvalue weighted by Gasteiger charge is 2.18. The molecule has 0 radical (unpaired) electrons. The molecule has 2 rings (SSSR count). The molecular weight excluding hydrogens is 290 g/mol. The maximum atomic E-state index is 11.8. The van der Waals surface area contributed by atoms with Crippen LogP contribution in [0, 0.1) is 0 Å². The van der Waals surface area contributed by atoms with Gasteiger partial charge in [-0.2, -0.15) is 0 Å². The molecule has 0 spiro atoms. The second-order valence-electron chi connectivity index (χ2n) is 4.62. The molecule has 1 aliphatic heterocycles. The molecule has 0 unspecified atom stereocenters. The molecule has 0 atom stereocenters. The standard InChI is InChI=1S/C15H19NO6/c1-19-12-2-4-13(5-3-12)21-11-15(18)22-10-14(17)16-6-8-20-9-7-16/h2-5H,6-11H2,1H3. The number of esters is 1. The largest absolute Gasteiger partial charge is 0.497 e. The Morgan fingerprint density at radius 1 is 1.09 bits per heavy atom. The zero-order valence-corrected chi connectivity index (χ0v) is 12.4.